The third-order valence-corrected chi connectivity index (χ3v) is 33.1. The summed E-state index contributed by atoms with van der Waals surface area (Å²) in [5.74, 6) is 4.72. The van der Waals surface area contributed by atoms with Crippen molar-refractivity contribution in [2.75, 3.05) is 0 Å². The van der Waals surface area contributed by atoms with Crippen molar-refractivity contribution < 1.29 is 18.9 Å². The number of rotatable bonds is 40. The van der Waals surface area contributed by atoms with Gasteiger partial charge in [0.05, 0.1) is 110 Å². The molecule has 8 saturated heterocycles. The highest BCUT2D eigenvalue weighted by Gasteiger charge is 2.65. The zero-order chi connectivity index (χ0) is 98.1. The van der Waals surface area contributed by atoms with E-state index in [0.29, 0.717) is 164 Å². The maximum absolute atomic E-state index is 7.09. The van der Waals surface area contributed by atoms with Crippen molar-refractivity contribution in [2.24, 2.45) is 0 Å². The summed E-state index contributed by atoms with van der Waals surface area (Å²) in [5.41, 5.74) is 9.41. The maximum atomic E-state index is 7.09. The van der Waals surface area contributed by atoms with Crippen LogP contribution in [0, 0.1) is 0 Å². The summed E-state index contributed by atoms with van der Waals surface area (Å²) in [4.78, 5) is 40.4. The van der Waals surface area contributed by atoms with Crippen LogP contribution < -0.4 is 18.9 Å². The summed E-state index contributed by atoms with van der Waals surface area (Å²) in [5, 5.41) is -2.58. The second kappa shape index (κ2) is 38.0. The maximum Gasteiger partial charge on any atom is 0.164 e. The predicted molar refractivity (Wildman–Crippen MR) is 619 cm³/mol. The molecule has 8 bridgehead atoms. The van der Waals surface area contributed by atoms with Crippen molar-refractivity contribution in [3.05, 3.63) is 190 Å². The van der Waals surface area contributed by atoms with E-state index in [4.69, 9.17) is 235 Å². The predicted octanol–water partition coefficient (Wildman–Crippen LogP) is 0.575. The summed E-state index contributed by atoms with van der Waals surface area (Å²) in [6.45, 7) is -2.52. The molecule has 8 aromatic carbocycles. The minimum Gasteiger partial charge on any atom is -0.457 e. The topological polar surface area (TPSA) is 146 Å². The van der Waals surface area contributed by atoms with E-state index in [0.717, 1.165) is 44.5 Å². The molecule has 16 unspecified atom stereocenters. The van der Waals surface area contributed by atoms with Gasteiger partial charge in [-0.25, -0.2) is 29.9 Å². The van der Waals surface area contributed by atoms with Crippen molar-refractivity contribution >= 4 is 397 Å². The number of H-pyrrole nitrogens is 2. The van der Waals surface area contributed by atoms with E-state index in [1.807, 2.05) is 121 Å². The lowest BCUT2D eigenvalue weighted by molar-refractivity contribution is 0.481. The van der Waals surface area contributed by atoms with Gasteiger partial charge in [-0.1, -0.05) is 24.3 Å². The molecule has 0 aliphatic carbocycles. The first kappa shape index (κ1) is 99.4. The Bertz CT molecular complexity index is 6320. The molecule has 578 valence electrons. The van der Waals surface area contributed by atoms with Crippen molar-refractivity contribution in [1.82, 2.24) is 39.9 Å². The monoisotopic (exact) mass is 1710 g/mol. The lowest BCUT2D eigenvalue weighted by Crippen LogP contribution is -2.17. The number of aromatic nitrogens is 8. The van der Waals surface area contributed by atoms with Crippen molar-refractivity contribution in [3.8, 4) is 91.5 Å². The van der Waals surface area contributed by atoms with Gasteiger partial charge in [-0.3, -0.25) is 0 Å². The van der Waals surface area contributed by atoms with Crippen LogP contribution in [0.3, 0.4) is 0 Å². The average Bonchev–Trinajstić information content (AvgIpc) is 1.57. The molecule has 10 aliphatic heterocycles. The van der Waals surface area contributed by atoms with Crippen LogP contribution >= 0.6 is 0 Å². The Hall–Kier alpha value is -6.56. The Morgan fingerprint density at radius 3 is 0.593 bits per heavy atom. The zero-order valence-electron chi connectivity index (χ0n) is 77.2. The molecule has 3 aromatic heterocycles. The third kappa shape index (κ3) is 16.7. The van der Waals surface area contributed by atoms with Gasteiger partial charge in [-0.15, -0.1) is 87.4 Å². The second-order valence-electron chi connectivity index (χ2n) is 40.4. The molecule has 60 heteroatoms. The molecule has 8 fully saturated rings. The lowest BCUT2D eigenvalue weighted by Gasteiger charge is -2.22. The van der Waals surface area contributed by atoms with Crippen LogP contribution in [0.1, 0.15) is 44.5 Å². The van der Waals surface area contributed by atoms with Gasteiger partial charge in [-0.2, -0.15) is 0 Å². The first-order valence-corrected chi connectivity index (χ1v) is 47.1. The minimum atomic E-state index is -0.620. The van der Waals surface area contributed by atoms with Crippen LogP contribution in [-0.2, 0) is 51.4 Å². The molecule has 2 N–H and O–H groups in total. The summed E-state index contributed by atoms with van der Waals surface area (Å²) in [7, 11) is 181. The first-order chi connectivity index (χ1) is 67.5. The molecule has 11 aromatic rings. The Balaban J connectivity index is 0.747. The van der Waals surface area contributed by atoms with Crippen LogP contribution in [0.2, 0.25) is 87.4 Å². The molecular weight excluding hydrogens is 1660 g/mol. The SMILES string of the molecule is [B][11B]C1[11B]([B])C1([11B][B])Cc1cc(CC2([11B][B])[11B]([B])C2[11B][B])cc(Oc2ccc3c(c2)-c2nc-3nc3[nH]c(nc4nc(nc5[nH]c(n2)c2cc(Oc6cc(CC7([11B][B])[11B]([B])C7[11B][B])cc(CC7([11B][B])[11B]([B])C7[11B][B])c6)ccc52)-c2ccc(Oc5cc(CC6([11B][B])[11B]([B])C6[11B][B])cc(CC6([11B][B])[11B]([B])C6[11B][B])c5)cc2-4)c2cc(Oc4cc(CC5([11B][B])[11B]([B])C5[11B][B])cc(CC5([11B][B])[11B]([B])C5[11B][B])c4)ccc32)c1. The number of hydrogen-bond donors (Lipinski definition) is 2. The molecule has 0 saturated carbocycles. The molecule has 13 heterocycles. The number of benzene rings is 8. The number of fused-ring (bicyclic) bond motifs is 20. The molecule has 10 aliphatic rings. The van der Waals surface area contributed by atoms with Crippen LogP contribution in [0.15, 0.2) is 146 Å². The number of nitrogens with one attached hydrogen (secondary N) is 2. The Morgan fingerprint density at radius 1 is 0.214 bits per heavy atom. The van der Waals surface area contributed by atoms with Gasteiger partial charge in [0, 0.05) is 287 Å². The van der Waals surface area contributed by atoms with E-state index >= 15 is 0 Å². The van der Waals surface area contributed by atoms with E-state index in [-0.39, 0.29) is 122 Å². The summed E-state index contributed by atoms with van der Waals surface area (Å²) >= 11 is 0. The van der Waals surface area contributed by atoms with Gasteiger partial charge >= 0.3 is 0 Å². The normalized spacial score (nSPS) is 27.3. The van der Waals surface area contributed by atoms with Gasteiger partial charge in [0.2, 0.25) is 0 Å². The fraction of sp³-hybridized carbons (Fsp3) is 0.300. The molecular formula is C80H50B48N8O4. The number of ether oxygens (including phenoxy) is 4. The molecule has 12 nitrogen and oxygen atoms in total. The van der Waals surface area contributed by atoms with E-state index in [1.54, 1.807) is 115 Å². The molecule has 140 heavy (non-hydrogen) atoms. The largest absolute Gasteiger partial charge is 0.457 e. The van der Waals surface area contributed by atoms with Crippen LogP contribution in [0.25, 0.3) is 89.7 Å². The standard InChI is InChI=1S/C80H50B48N8O4/c81-105-65-73(113-89,121(65)97)25-33-9-34(26-74(114-90)66(106-82)122(74)98)14-45(13-33)137-41-1-5-49-53(21-41)61-131-57(49)129-58-50-6-2-42(138-46-15-35(27-75(115-91)67(107-83)123(75)99)10-36(16-46)28-76(116-92)68(108-84)124(76)100)22-54(50)63(132-58)136-64-56-24-44(140-48-19-39(31-79(119-95)71(111-87)127(79)103)12-40(20-48)32-80(120-96)72(112-88)128(80)104)4-8-52(56)60(134-64)130-59-51-7-3-43(23-55(51)62(133-59)135-61)139-47-17-37(29-77(117-93)69(109-85)125(77)101)11-38(18-47)30-78(118-94)70(110-86)126(78)102/h1-24,65-72H,25-32H2,(H2,129,130,131,132,133,134,135,136)/i105+0,106+0,107+0,108+0,109+0,110+0,111+0,112+0,113+0,114+0,115+0,116+0,117+0,118+0,119+0,120+0,121+0,122+0,123+0,124+0,125+0,126+0,127+0,128+0. The Morgan fingerprint density at radius 2 is 0.400 bits per heavy atom. The van der Waals surface area contributed by atoms with E-state index in [9.17, 15) is 0 Å². The Labute approximate surface area is 869 Å². The zero-order valence-corrected chi connectivity index (χ0v) is 77.2. The van der Waals surface area contributed by atoms with Gasteiger partial charge < -0.3 is 28.9 Å². The molecule has 0 spiro atoms. The summed E-state index contributed by atoms with van der Waals surface area (Å²) in [6, 6.07) is 46.9. The third-order valence-electron chi connectivity index (χ3n) is 33.1. The van der Waals surface area contributed by atoms with Crippen LogP contribution in [-0.4, -0.2) is 393 Å². The lowest BCUT2D eigenvalue weighted by atomic mass is 9.38. The highest BCUT2D eigenvalue weighted by molar-refractivity contribution is 7.34. The van der Waals surface area contributed by atoms with E-state index in [2.05, 4.69) is 34.2 Å². The van der Waals surface area contributed by atoms with Crippen LogP contribution in [0.5, 0.6) is 46.0 Å². The molecule has 0 amide bonds. The number of aromatic amines is 2. The quantitative estimate of drug-likeness (QED) is 0.0524. The highest BCUT2D eigenvalue weighted by Crippen LogP contribution is 2.69. The van der Waals surface area contributed by atoms with Crippen molar-refractivity contribution in [1.29, 1.82) is 0 Å². The number of hydrogen-bond acceptors (Lipinski definition) is 10. The fourth-order valence-electron chi connectivity index (χ4n) is 24.0. The highest BCUT2D eigenvalue weighted by atomic mass is 16.5. The second-order valence-corrected chi connectivity index (χ2v) is 40.4. The summed E-state index contributed by atoms with van der Waals surface area (Å²) < 4.78 is 28.4. The molecule has 21 rings (SSSR count). The van der Waals surface area contributed by atoms with Gasteiger partial charge in [0.15, 0.2) is 23.3 Å². The van der Waals surface area contributed by atoms with Gasteiger partial charge in [-0.05, 0) is 217 Å². The van der Waals surface area contributed by atoms with E-state index < -0.39 is 41.7 Å². The van der Waals surface area contributed by atoms with Gasteiger partial charge in [0.1, 0.15) is 68.6 Å². The summed E-state index contributed by atoms with van der Waals surface area (Å²) in [6.07, 6.45) is 3.59. The van der Waals surface area contributed by atoms with E-state index in [1.165, 1.54) is 0 Å². The van der Waals surface area contributed by atoms with Crippen molar-refractivity contribution in [2.45, 2.75) is 139 Å². The average molecular weight is 1710 g/mol. The Kier molecular flexibility index (Phi) is 27.0. The van der Waals surface area contributed by atoms with Crippen molar-refractivity contribution in [3.63, 3.8) is 0 Å². The van der Waals surface area contributed by atoms with Gasteiger partial charge in [0.25, 0.3) is 0 Å². The first-order valence-electron chi connectivity index (χ1n) is 47.1. The molecule has 16 atom stereocenters. The molecule has 64 radical (unpaired) electrons. The fourth-order valence-corrected chi connectivity index (χ4v) is 24.0. The smallest absolute Gasteiger partial charge is 0.164 e. The minimum absolute atomic E-state index is 0.167. The van der Waals surface area contributed by atoms with Crippen LogP contribution in [0.4, 0.5) is 0 Å². The number of nitrogens with zero attached hydrogens (tertiary/aromatic N) is 6.